The Morgan fingerprint density at radius 2 is 2.12 bits per heavy atom. The minimum Gasteiger partial charge on any atom is -0.497 e. The molecule has 2 aromatic rings. The van der Waals surface area contributed by atoms with E-state index in [0.29, 0.717) is 5.41 Å². The smallest absolute Gasteiger partial charge is 0.150 e. The molecule has 5 heteroatoms. The molecule has 24 heavy (non-hydrogen) atoms. The van der Waals surface area contributed by atoms with Crippen molar-refractivity contribution in [3.8, 4) is 5.75 Å². The first-order chi connectivity index (χ1) is 11.6. The number of nitrogens with zero attached hydrogens (tertiary/aromatic N) is 3. The molecule has 0 saturated heterocycles. The fourth-order valence-electron chi connectivity index (χ4n) is 3.86. The summed E-state index contributed by atoms with van der Waals surface area (Å²) < 4.78 is 10.9. The number of aromatic nitrogens is 1. The van der Waals surface area contributed by atoms with Crippen molar-refractivity contribution in [2.75, 3.05) is 27.7 Å². The van der Waals surface area contributed by atoms with Gasteiger partial charge in [0.2, 0.25) is 0 Å². The van der Waals surface area contributed by atoms with Crippen molar-refractivity contribution in [2.24, 2.45) is 0 Å². The third kappa shape index (κ3) is 2.94. The van der Waals surface area contributed by atoms with Crippen molar-refractivity contribution in [3.63, 3.8) is 0 Å². The van der Waals surface area contributed by atoms with Crippen molar-refractivity contribution in [1.82, 2.24) is 15.0 Å². The predicted molar refractivity (Wildman–Crippen MR) is 91.9 cm³/mol. The highest BCUT2D eigenvalue weighted by atomic mass is 16.5. The van der Waals surface area contributed by atoms with E-state index in [9.17, 15) is 0 Å². The lowest BCUT2D eigenvalue weighted by molar-refractivity contribution is 0.206. The van der Waals surface area contributed by atoms with Crippen LogP contribution < -0.4 is 4.74 Å². The van der Waals surface area contributed by atoms with Crippen LogP contribution >= 0.6 is 0 Å². The lowest BCUT2D eigenvalue weighted by atomic mass is 9.86. The molecule has 2 heterocycles. The number of hydrogen-bond donors (Lipinski definition) is 0. The molecular weight excluding hydrogens is 302 g/mol. The van der Waals surface area contributed by atoms with E-state index < -0.39 is 0 Å². The van der Waals surface area contributed by atoms with E-state index in [-0.39, 0.29) is 0 Å². The summed E-state index contributed by atoms with van der Waals surface area (Å²) in [5, 5.41) is 4.25. The van der Waals surface area contributed by atoms with Crippen LogP contribution in [-0.4, -0.2) is 42.7 Å². The number of ether oxygens (including phenoxy) is 1. The highest BCUT2D eigenvalue weighted by Gasteiger charge is 2.49. The minimum atomic E-state index is 0.332. The average Bonchev–Trinajstić information content (AvgIpc) is 3.18. The van der Waals surface area contributed by atoms with Gasteiger partial charge in [-0.2, -0.15) is 0 Å². The Balaban J connectivity index is 1.51. The molecule has 0 N–H and O–H groups in total. The number of rotatable bonds is 5. The molecule has 2 aliphatic rings. The zero-order valence-electron chi connectivity index (χ0n) is 14.7. The summed E-state index contributed by atoms with van der Waals surface area (Å²) in [4.78, 5) is 4.59. The molecule has 1 aliphatic heterocycles. The molecule has 4 rings (SSSR count). The fraction of sp³-hybridized carbons (Fsp3) is 0.526. The van der Waals surface area contributed by atoms with Gasteiger partial charge < -0.3 is 14.2 Å². The summed E-state index contributed by atoms with van der Waals surface area (Å²) in [6, 6.07) is 8.62. The second kappa shape index (κ2) is 5.90. The third-order valence-electron chi connectivity index (χ3n) is 5.13. The van der Waals surface area contributed by atoms with Crippen LogP contribution in [0.25, 0.3) is 0 Å². The summed E-state index contributed by atoms with van der Waals surface area (Å²) >= 11 is 0. The SMILES string of the molecule is COc1ccc2c(c1)C1(CC1)CN(Cc1cc(CN(C)C)on1)C2. The van der Waals surface area contributed by atoms with Crippen LogP contribution in [0.2, 0.25) is 0 Å². The molecule has 0 unspecified atom stereocenters. The van der Waals surface area contributed by atoms with Gasteiger partial charge in [-0.3, -0.25) is 4.90 Å². The van der Waals surface area contributed by atoms with Crippen LogP contribution in [0.3, 0.4) is 0 Å². The van der Waals surface area contributed by atoms with E-state index in [4.69, 9.17) is 9.26 Å². The molecule has 1 aliphatic carbocycles. The second-order valence-corrected chi connectivity index (χ2v) is 7.47. The van der Waals surface area contributed by atoms with Gasteiger partial charge in [0.05, 0.1) is 19.3 Å². The van der Waals surface area contributed by atoms with Crippen LogP contribution in [0.1, 0.15) is 35.4 Å². The Morgan fingerprint density at radius 3 is 2.83 bits per heavy atom. The second-order valence-electron chi connectivity index (χ2n) is 7.47. The predicted octanol–water partition coefficient (Wildman–Crippen LogP) is 2.79. The van der Waals surface area contributed by atoms with Gasteiger partial charge in [-0.05, 0) is 50.2 Å². The molecule has 0 atom stereocenters. The molecule has 1 aromatic carbocycles. The molecular formula is C19H25N3O2. The minimum absolute atomic E-state index is 0.332. The van der Waals surface area contributed by atoms with Crippen LogP contribution in [0.15, 0.2) is 28.8 Å². The van der Waals surface area contributed by atoms with Gasteiger partial charge in [0.15, 0.2) is 5.76 Å². The first-order valence-electron chi connectivity index (χ1n) is 8.57. The molecule has 1 saturated carbocycles. The maximum Gasteiger partial charge on any atom is 0.150 e. The topological polar surface area (TPSA) is 41.7 Å². The maximum atomic E-state index is 5.45. The first kappa shape index (κ1) is 15.7. The van der Waals surface area contributed by atoms with Gasteiger partial charge in [-0.25, -0.2) is 0 Å². The van der Waals surface area contributed by atoms with Crippen LogP contribution in [0.5, 0.6) is 5.75 Å². The quantitative estimate of drug-likeness (QED) is 0.845. The van der Waals surface area contributed by atoms with Crippen molar-refractivity contribution >= 4 is 0 Å². The van der Waals surface area contributed by atoms with Crippen LogP contribution in [0, 0.1) is 0 Å². The van der Waals surface area contributed by atoms with Crippen molar-refractivity contribution in [3.05, 3.63) is 46.8 Å². The number of fused-ring (bicyclic) bond motifs is 2. The van der Waals surface area contributed by atoms with Crippen LogP contribution in [0.4, 0.5) is 0 Å². The molecule has 1 spiro atoms. The Labute approximate surface area is 143 Å². The molecule has 0 amide bonds. The summed E-state index contributed by atoms with van der Waals surface area (Å²) in [6.07, 6.45) is 2.54. The van der Waals surface area contributed by atoms with E-state index in [1.165, 1.54) is 24.0 Å². The van der Waals surface area contributed by atoms with Crippen LogP contribution in [-0.2, 0) is 25.0 Å². The van der Waals surface area contributed by atoms with E-state index in [1.54, 1.807) is 7.11 Å². The number of hydrogen-bond acceptors (Lipinski definition) is 5. The van der Waals surface area contributed by atoms with E-state index >= 15 is 0 Å². The van der Waals surface area contributed by atoms with Gasteiger partial charge in [-0.1, -0.05) is 11.2 Å². The number of benzene rings is 1. The maximum absolute atomic E-state index is 5.45. The Bertz CT molecular complexity index is 734. The molecule has 1 aromatic heterocycles. The van der Waals surface area contributed by atoms with Gasteiger partial charge in [0, 0.05) is 31.1 Å². The highest BCUT2D eigenvalue weighted by molar-refractivity contribution is 5.45. The van der Waals surface area contributed by atoms with E-state index in [0.717, 1.165) is 43.4 Å². The lowest BCUT2D eigenvalue weighted by Crippen LogP contribution is -2.37. The molecule has 5 nitrogen and oxygen atoms in total. The zero-order valence-corrected chi connectivity index (χ0v) is 14.7. The van der Waals surface area contributed by atoms with Gasteiger partial charge >= 0.3 is 0 Å². The zero-order chi connectivity index (χ0) is 16.7. The van der Waals surface area contributed by atoms with Gasteiger partial charge in [-0.15, -0.1) is 0 Å². The highest BCUT2D eigenvalue weighted by Crippen LogP contribution is 2.53. The Hall–Kier alpha value is -1.85. The monoisotopic (exact) mass is 327 g/mol. The normalized spacial score (nSPS) is 18.8. The van der Waals surface area contributed by atoms with Crippen molar-refractivity contribution in [1.29, 1.82) is 0 Å². The first-order valence-corrected chi connectivity index (χ1v) is 8.57. The van der Waals surface area contributed by atoms with E-state index in [2.05, 4.69) is 39.2 Å². The summed E-state index contributed by atoms with van der Waals surface area (Å²) in [6.45, 7) is 3.71. The summed E-state index contributed by atoms with van der Waals surface area (Å²) in [7, 11) is 5.82. The van der Waals surface area contributed by atoms with Gasteiger partial charge in [0.25, 0.3) is 0 Å². The largest absolute Gasteiger partial charge is 0.497 e. The lowest BCUT2D eigenvalue weighted by Gasteiger charge is -2.34. The molecule has 128 valence electrons. The summed E-state index contributed by atoms with van der Waals surface area (Å²) in [5.74, 6) is 1.90. The molecule has 1 fully saturated rings. The molecule has 0 bridgehead atoms. The Morgan fingerprint density at radius 1 is 1.29 bits per heavy atom. The Kier molecular flexibility index (Phi) is 3.85. The van der Waals surface area contributed by atoms with Crippen molar-refractivity contribution < 1.29 is 9.26 Å². The average molecular weight is 327 g/mol. The standard InChI is InChI=1S/C19H25N3O2/c1-21(2)12-17-8-15(20-24-17)11-22-10-14-4-5-16(23-3)9-18(14)19(13-22)6-7-19/h4-5,8-9H,6-7,10-13H2,1-3H3. The van der Waals surface area contributed by atoms with Crippen molar-refractivity contribution in [2.45, 2.75) is 37.9 Å². The number of methoxy groups -OCH3 is 1. The third-order valence-corrected chi connectivity index (χ3v) is 5.13. The molecule has 0 radical (unpaired) electrons. The van der Waals surface area contributed by atoms with E-state index in [1.807, 2.05) is 14.1 Å². The fourth-order valence-corrected chi connectivity index (χ4v) is 3.86. The van der Waals surface area contributed by atoms with Gasteiger partial charge in [0.1, 0.15) is 5.75 Å². The summed E-state index contributed by atoms with van der Waals surface area (Å²) in [5.41, 5.74) is 4.28.